The van der Waals surface area contributed by atoms with Crippen molar-refractivity contribution in [1.29, 1.82) is 0 Å². The lowest BCUT2D eigenvalue weighted by molar-refractivity contribution is 1.09. The second kappa shape index (κ2) is 2.50. The first-order chi connectivity index (χ1) is 6.45. The molecule has 0 aliphatic carbocycles. The summed E-state index contributed by atoms with van der Waals surface area (Å²) in [6.07, 6.45) is 1.74. The maximum absolute atomic E-state index is 4.09. The summed E-state index contributed by atoms with van der Waals surface area (Å²) >= 11 is 1.69. The van der Waals surface area contributed by atoms with Gasteiger partial charge in [0.25, 0.3) is 0 Å². The predicted molar refractivity (Wildman–Crippen MR) is 54.9 cm³/mol. The van der Waals surface area contributed by atoms with Crippen LogP contribution in [0.2, 0.25) is 0 Å². The quantitative estimate of drug-likeness (QED) is 0.539. The first-order valence-electron chi connectivity index (χ1n) is 4.04. The molecule has 2 aromatic heterocycles. The molecule has 0 spiro atoms. The van der Waals surface area contributed by atoms with E-state index in [9.17, 15) is 0 Å². The minimum atomic E-state index is 1.02. The standard InChI is InChI=1S/C10H6N2S/c1-2-4-9-7(3-1)8-5-6-11-12-10(8)13-9/h1-6H. The summed E-state index contributed by atoms with van der Waals surface area (Å²) in [5.41, 5.74) is 0. The molecule has 0 radical (unpaired) electrons. The summed E-state index contributed by atoms with van der Waals surface area (Å²) in [6, 6.07) is 10.3. The number of aromatic nitrogens is 2. The molecule has 0 saturated carbocycles. The average Bonchev–Trinajstić information content (AvgIpc) is 2.56. The van der Waals surface area contributed by atoms with Gasteiger partial charge in [-0.15, -0.1) is 16.4 Å². The lowest BCUT2D eigenvalue weighted by atomic mass is 10.2. The van der Waals surface area contributed by atoms with Crippen LogP contribution in [0.1, 0.15) is 0 Å². The Morgan fingerprint density at radius 1 is 1.00 bits per heavy atom. The SMILES string of the molecule is c1ccc2c(c1)sc1nnccc12. The van der Waals surface area contributed by atoms with Crippen LogP contribution in [-0.4, -0.2) is 10.2 Å². The zero-order valence-corrected chi connectivity index (χ0v) is 7.58. The molecule has 3 rings (SSSR count). The fraction of sp³-hybridized carbons (Fsp3) is 0. The van der Waals surface area contributed by atoms with Crippen molar-refractivity contribution in [3.8, 4) is 0 Å². The lowest BCUT2D eigenvalue weighted by Crippen LogP contribution is -1.75. The first-order valence-corrected chi connectivity index (χ1v) is 4.86. The molecule has 3 heteroatoms. The molecule has 0 saturated heterocycles. The molecule has 62 valence electrons. The van der Waals surface area contributed by atoms with E-state index in [2.05, 4.69) is 28.4 Å². The third kappa shape index (κ3) is 0.939. The Morgan fingerprint density at radius 2 is 1.92 bits per heavy atom. The van der Waals surface area contributed by atoms with Crippen LogP contribution in [0.25, 0.3) is 20.3 Å². The molecule has 0 fully saturated rings. The van der Waals surface area contributed by atoms with E-state index < -0.39 is 0 Å². The smallest absolute Gasteiger partial charge is 0.147 e. The largest absolute Gasteiger partial charge is 0.158 e. The maximum Gasteiger partial charge on any atom is 0.147 e. The number of hydrogen-bond donors (Lipinski definition) is 0. The Kier molecular flexibility index (Phi) is 1.34. The minimum Gasteiger partial charge on any atom is -0.158 e. The van der Waals surface area contributed by atoms with Gasteiger partial charge in [-0.3, -0.25) is 0 Å². The first kappa shape index (κ1) is 6.97. The van der Waals surface area contributed by atoms with Gasteiger partial charge >= 0.3 is 0 Å². The fourth-order valence-electron chi connectivity index (χ4n) is 1.48. The summed E-state index contributed by atoms with van der Waals surface area (Å²) < 4.78 is 1.28. The molecule has 0 unspecified atom stereocenters. The number of benzene rings is 1. The minimum absolute atomic E-state index is 1.02. The van der Waals surface area contributed by atoms with Crippen molar-refractivity contribution in [2.45, 2.75) is 0 Å². The van der Waals surface area contributed by atoms with E-state index in [0.29, 0.717) is 0 Å². The van der Waals surface area contributed by atoms with Gasteiger partial charge in [0.1, 0.15) is 4.83 Å². The summed E-state index contributed by atoms with van der Waals surface area (Å²) in [6.45, 7) is 0. The second-order valence-corrected chi connectivity index (χ2v) is 3.88. The van der Waals surface area contributed by atoms with Crippen molar-refractivity contribution in [1.82, 2.24) is 10.2 Å². The van der Waals surface area contributed by atoms with Gasteiger partial charge < -0.3 is 0 Å². The highest BCUT2D eigenvalue weighted by Crippen LogP contribution is 2.30. The molecule has 0 aliphatic heterocycles. The van der Waals surface area contributed by atoms with Gasteiger partial charge in [0.15, 0.2) is 0 Å². The number of rotatable bonds is 0. The molecule has 0 amide bonds. The molecular formula is C10H6N2S. The number of thiophene rings is 1. The molecule has 1 aromatic carbocycles. The highest BCUT2D eigenvalue weighted by molar-refractivity contribution is 7.25. The maximum atomic E-state index is 4.09. The van der Waals surface area contributed by atoms with Crippen LogP contribution >= 0.6 is 11.3 Å². The topological polar surface area (TPSA) is 25.8 Å². The summed E-state index contributed by atoms with van der Waals surface area (Å²) in [5, 5.41) is 10.4. The predicted octanol–water partition coefficient (Wildman–Crippen LogP) is 2.84. The lowest BCUT2D eigenvalue weighted by Gasteiger charge is -1.87. The molecule has 13 heavy (non-hydrogen) atoms. The van der Waals surface area contributed by atoms with Crippen molar-refractivity contribution in [2.75, 3.05) is 0 Å². The van der Waals surface area contributed by atoms with Crippen LogP contribution in [0.4, 0.5) is 0 Å². The molecule has 0 N–H and O–H groups in total. The normalized spacial score (nSPS) is 11.1. The van der Waals surface area contributed by atoms with Crippen molar-refractivity contribution < 1.29 is 0 Å². The van der Waals surface area contributed by atoms with Crippen molar-refractivity contribution in [3.63, 3.8) is 0 Å². The van der Waals surface area contributed by atoms with Gasteiger partial charge in [-0.05, 0) is 12.1 Å². The van der Waals surface area contributed by atoms with Gasteiger partial charge in [-0.2, -0.15) is 5.10 Å². The van der Waals surface area contributed by atoms with E-state index in [4.69, 9.17) is 0 Å². The van der Waals surface area contributed by atoms with Crippen molar-refractivity contribution >= 4 is 31.6 Å². The van der Waals surface area contributed by atoms with E-state index >= 15 is 0 Å². The summed E-state index contributed by atoms with van der Waals surface area (Å²) in [4.78, 5) is 1.02. The molecule has 0 atom stereocenters. The van der Waals surface area contributed by atoms with Crippen molar-refractivity contribution in [2.24, 2.45) is 0 Å². The molecule has 0 aliphatic rings. The Hall–Kier alpha value is -1.48. The van der Waals surface area contributed by atoms with Gasteiger partial charge in [0.2, 0.25) is 0 Å². The van der Waals surface area contributed by atoms with Crippen LogP contribution in [-0.2, 0) is 0 Å². The van der Waals surface area contributed by atoms with Crippen LogP contribution < -0.4 is 0 Å². The molecule has 0 bridgehead atoms. The zero-order valence-electron chi connectivity index (χ0n) is 6.77. The van der Waals surface area contributed by atoms with Gasteiger partial charge in [-0.1, -0.05) is 18.2 Å². The molecular weight excluding hydrogens is 180 g/mol. The second-order valence-electron chi connectivity index (χ2n) is 2.85. The highest BCUT2D eigenvalue weighted by Gasteiger charge is 2.03. The van der Waals surface area contributed by atoms with Gasteiger partial charge in [0.05, 0.1) is 6.20 Å². The molecule has 2 heterocycles. The zero-order chi connectivity index (χ0) is 8.67. The number of fused-ring (bicyclic) bond motifs is 3. The van der Waals surface area contributed by atoms with Gasteiger partial charge in [-0.25, -0.2) is 0 Å². The number of nitrogens with zero attached hydrogens (tertiary/aromatic N) is 2. The van der Waals surface area contributed by atoms with Crippen LogP contribution in [0.15, 0.2) is 36.5 Å². The highest BCUT2D eigenvalue weighted by atomic mass is 32.1. The third-order valence-electron chi connectivity index (χ3n) is 2.07. The number of hydrogen-bond acceptors (Lipinski definition) is 3. The Morgan fingerprint density at radius 3 is 2.92 bits per heavy atom. The van der Waals surface area contributed by atoms with E-state index in [1.165, 1.54) is 15.5 Å². The monoisotopic (exact) mass is 186 g/mol. The van der Waals surface area contributed by atoms with Gasteiger partial charge in [0, 0.05) is 15.5 Å². The van der Waals surface area contributed by atoms with E-state index in [-0.39, 0.29) is 0 Å². The van der Waals surface area contributed by atoms with Crippen molar-refractivity contribution in [3.05, 3.63) is 36.5 Å². The Labute approximate surface area is 78.8 Å². The third-order valence-corrected chi connectivity index (χ3v) is 3.14. The van der Waals surface area contributed by atoms with E-state index in [1.807, 2.05) is 12.1 Å². The van der Waals surface area contributed by atoms with Crippen LogP contribution in [0, 0.1) is 0 Å². The summed E-state index contributed by atoms with van der Waals surface area (Å²) in [5.74, 6) is 0. The van der Waals surface area contributed by atoms with E-state index in [1.54, 1.807) is 17.5 Å². The molecule has 3 aromatic rings. The van der Waals surface area contributed by atoms with E-state index in [0.717, 1.165) is 4.83 Å². The Bertz CT molecular complexity index is 521. The summed E-state index contributed by atoms with van der Waals surface area (Å²) in [7, 11) is 0. The van der Waals surface area contributed by atoms with Crippen LogP contribution in [0.5, 0.6) is 0 Å². The Balaban J connectivity index is 2.64. The molecule has 2 nitrogen and oxygen atoms in total. The fourth-order valence-corrected chi connectivity index (χ4v) is 2.50. The average molecular weight is 186 g/mol. The van der Waals surface area contributed by atoms with Crippen LogP contribution in [0.3, 0.4) is 0 Å².